The summed E-state index contributed by atoms with van der Waals surface area (Å²) in [4.78, 5) is 112. The molecule has 25 atom stereocenters. The second-order valence-corrected chi connectivity index (χ2v) is 31.9. The Bertz CT molecular complexity index is 2780. The van der Waals surface area contributed by atoms with Gasteiger partial charge in [-0.2, -0.15) is 0 Å². The smallest absolute Gasteiger partial charge is 0.223 e. The van der Waals surface area contributed by atoms with Crippen molar-refractivity contribution in [2.45, 2.75) is 312 Å². The third kappa shape index (κ3) is 33.8. The fraction of sp³-hybridized carbons (Fsp3) is 0.899. The van der Waals surface area contributed by atoms with Crippen LogP contribution >= 0.6 is 0 Å². The molecular formula is C79H140N6O29. The number of aliphatic hydroxyl groups excluding tert-OH is 12. The lowest BCUT2D eigenvalue weighted by Crippen LogP contribution is -2.55. The summed E-state index contributed by atoms with van der Waals surface area (Å²) in [6.45, 7) is 9.09. The maximum Gasteiger partial charge on any atom is 0.223 e. The summed E-state index contributed by atoms with van der Waals surface area (Å²) in [5.74, 6) is -6.06. The summed E-state index contributed by atoms with van der Waals surface area (Å²) in [7, 11) is 1.59. The van der Waals surface area contributed by atoms with Crippen LogP contribution in [0.25, 0.3) is 0 Å². The third-order valence-electron chi connectivity index (χ3n) is 22.5. The molecule has 0 aromatic heterocycles. The molecule has 0 bridgehead atoms. The number of nitrogens with zero attached hydrogens (tertiary/aromatic N) is 1. The lowest BCUT2D eigenvalue weighted by Gasteiger charge is -2.40. The Kier molecular flexibility index (Phi) is 47.7. The van der Waals surface area contributed by atoms with E-state index in [-0.39, 0.29) is 139 Å². The highest BCUT2D eigenvalue weighted by atomic mass is 16.7. The number of aliphatic hydroxyl groups is 12. The standard InChI is InChI=1S/C79H140N6O29/c1-47-38-54(46-106-6)85(41-47)65(95)29-21-33-83-75(105)53(40-57(91)56(84-64(94)28-13-20-37-110-79-51(5)69(99)73(103)61(45-89)114-79)25-9-16-31-81-63(93)27-12-19-36-109-78-50(4)68(98)72(102)60(44-88)113-78)23-8-15-32-82-74(104)52(39-55(90)24-10-17-34-107-76-48(2)66(96)70(100)58(42-86)111-76)22-7-14-30-80-62(92)26-11-18-35-108-77-49(3)67(97)71(101)59(43-87)112-77/h47-54,56,58-61,66-73,76-79,86-89,96-103H,7-46H2,1-6H3,(H,80,92)(H,81,93)(H,82,104)(H,83,105)(H,84,94)/t47-,48?,49?,50?,51?,52?,53?,54+,56?,58?,59?,60?,61?,66-,67-,68-,69-,70+,71+,72+,73+,76-,77-,78-,79-/m1/s1. The van der Waals surface area contributed by atoms with E-state index in [9.17, 15) is 99.6 Å². The number of rotatable bonds is 57. The van der Waals surface area contributed by atoms with Crippen LogP contribution in [0.3, 0.4) is 0 Å². The van der Waals surface area contributed by atoms with Gasteiger partial charge in [0.1, 0.15) is 54.6 Å². The Balaban J connectivity index is 1.20. The molecule has 0 saturated carbocycles. The fourth-order valence-electron chi connectivity index (χ4n) is 15.1. The van der Waals surface area contributed by atoms with Gasteiger partial charge in [-0.25, -0.2) is 0 Å². The highest BCUT2D eigenvalue weighted by Crippen LogP contribution is 2.32. The van der Waals surface area contributed by atoms with Gasteiger partial charge in [-0.1, -0.05) is 47.5 Å². The van der Waals surface area contributed by atoms with Crippen LogP contribution in [-0.2, 0) is 81.0 Å². The number of carbonyl (C=O) groups excluding carboxylic acids is 8. The molecule has 35 heteroatoms. The second kappa shape index (κ2) is 54.5. The van der Waals surface area contributed by atoms with E-state index in [0.29, 0.717) is 128 Å². The van der Waals surface area contributed by atoms with Crippen LogP contribution in [0.15, 0.2) is 0 Å². The Morgan fingerprint density at radius 2 is 0.754 bits per heavy atom. The number of methoxy groups -OCH3 is 1. The van der Waals surface area contributed by atoms with Crippen molar-refractivity contribution in [3.63, 3.8) is 0 Å². The van der Waals surface area contributed by atoms with E-state index < -0.39 is 184 Å². The van der Waals surface area contributed by atoms with Crippen LogP contribution in [0.1, 0.15) is 202 Å². The minimum absolute atomic E-state index is 0.0202. The lowest BCUT2D eigenvalue weighted by molar-refractivity contribution is -0.282. The van der Waals surface area contributed by atoms with Crippen molar-refractivity contribution in [2.24, 2.45) is 41.4 Å². The number of ether oxygens (including phenoxy) is 9. The minimum Gasteiger partial charge on any atom is -0.394 e. The van der Waals surface area contributed by atoms with Gasteiger partial charge in [-0.3, -0.25) is 38.4 Å². The predicted molar refractivity (Wildman–Crippen MR) is 409 cm³/mol. The molecule has 6 amide bonds. The average Bonchev–Trinajstić information content (AvgIpc) is 1.08. The molecule has 5 aliphatic rings. The summed E-state index contributed by atoms with van der Waals surface area (Å²) in [5.41, 5.74) is 0. The number of unbranched alkanes of at least 4 members (excludes halogenated alkanes) is 7. The molecule has 5 fully saturated rings. The van der Waals surface area contributed by atoms with Crippen molar-refractivity contribution in [3.8, 4) is 0 Å². The van der Waals surface area contributed by atoms with E-state index >= 15 is 0 Å². The third-order valence-corrected chi connectivity index (χ3v) is 22.5. The van der Waals surface area contributed by atoms with E-state index in [4.69, 9.17) is 42.6 Å². The molecular weight excluding hydrogens is 1500 g/mol. The number of hydrogen-bond donors (Lipinski definition) is 17. The summed E-state index contributed by atoms with van der Waals surface area (Å²) >= 11 is 0. The highest BCUT2D eigenvalue weighted by molar-refractivity contribution is 5.92. The molecule has 17 N–H and O–H groups in total. The van der Waals surface area contributed by atoms with Crippen LogP contribution < -0.4 is 26.6 Å². The van der Waals surface area contributed by atoms with Crippen molar-refractivity contribution >= 4 is 47.0 Å². The topological polar surface area (TPSA) is 526 Å². The van der Waals surface area contributed by atoms with Gasteiger partial charge in [0.15, 0.2) is 30.9 Å². The molecule has 5 aliphatic heterocycles. The molecule has 660 valence electrons. The Morgan fingerprint density at radius 1 is 0.404 bits per heavy atom. The van der Waals surface area contributed by atoms with Crippen LogP contribution in [0, 0.1) is 41.4 Å². The normalized spacial score (nSPS) is 30.6. The largest absolute Gasteiger partial charge is 0.394 e. The quantitative estimate of drug-likeness (QED) is 0.0335. The molecule has 114 heavy (non-hydrogen) atoms. The van der Waals surface area contributed by atoms with Crippen LogP contribution in [0.5, 0.6) is 0 Å². The SMILES string of the molecule is COC[C@@H]1C[C@@H](C)CN1C(=O)CCCNC(=O)C(CCCCNC(=O)C(CCCCNC(=O)CCCCO[C@@H]1OC(CO)[C@H](O)[C@H](O)C1C)CC(=O)CCCCO[C@@H]1OC(CO)[C@H](O)[C@H](O)C1C)CC(=O)C(CCCCNC(=O)CCCCO[C@@H]1OC(CO)[C@H](O)[C@H](O)C1C)NC(=O)CCCCO[C@@H]1OC(CO)[C@H](O)[C@H](O)C1C. The van der Waals surface area contributed by atoms with E-state index in [1.165, 1.54) is 0 Å². The summed E-state index contributed by atoms with van der Waals surface area (Å²) in [5, 5.41) is 136. The minimum atomic E-state index is -1.31. The van der Waals surface area contributed by atoms with Gasteiger partial charge in [0.2, 0.25) is 35.4 Å². The molecule has 5 rings (SSSR count). The van der Waals surface area contributed by atoms with Gasteiger partial charge in [0, 0.05) is 147 Å². The zero-order chi connectivity index (χ0) is 83.8. The number of ketones is 2. The molecule has 0 aromatic rings. The van der Waals surface area contributed by atoms with Gasteiger partial charge in [-0.15, -0.1) is 0 Å². The van der Waals surface area contributed by atoms with Crippen molar-refractivity contribution in [3.05, 3.63) is 0 Å². The van der Waals surface area contributed by atoms with E-state index in [0.717, 1.165) is 6.42 Å². The Morgan fingerprint density at radius 3 is 1.14 bits per heavy atom. The second-order valence-electron chi connectivity index (χ2n) is 31.9. The molecule has 5 saturated heterocycles. The Labute approximate surface area is 671 Å². The number of Topliss-reactive ketones (excluding diaryl/α,β-unsaturated/α-hetero) is 2. The monoisotopic (exact) mass is 1640 g/mol. The molecule has 35 nitrogen and oxygen atoms in total. The average molecular weight is 1640 g/mol. The molecule has 5 heterocycles. The molecule has 0 aromatic carbocycles. The summed E-state index contributed by atoms with van der Waals surface area (Å²) < 4.78 is 51.2. The first kappa shape index (κ1) is 99.9. The molecule has 0 spiro atoms. The zero-order valence-electron chi connectivity index (χ0n) is 68.0. The van der Waals surface area contributed by atoms with Crippen molar-refractivity contribution < 1.29 is 142 Å². The van der Waals surface area contributed by atoms with Crippen LogP contribution in [0.2, 0.25) is 0 Å². The van der Waals surface area contributed by atoms with Crippen LogP contribution in [0.4, 0.5) is 0 Å². The number of hydrogen-bond acceptors (Lipinski definition) is 29. The zero-order valence-corrected chi connectivity index (χ0v) is 68.0. The fourth-order valence-corrected chi connectivity index (χ4v) is 15.1. The van der Waals surface area contributed by atoms with Gasteiger partial charge in [-0.05, 0) is 115 Å². The number of amides is 6. The van der Waals surface area contributed by atoms with E-state index in [2.05, 4.69) is 33.5 Å². The number of nitrogens with one attached hydrogen (secondary N) is 5. The highest BCUT2D eigenvalue weighted by Gasteiger charge is 2.46. The van der Waals surface area contributed by atoms with Gasteiger partial charge in [0.05, 0.1) is 69.5 Å². The predicted octanol–water partition coefficient (Wildman–Crippen LogP) is -0.691. The first-order valence-electron chi connectivity index (χ1n) is 41.8. The lowest BCUT2D eigenvalue weighted by atomic mass is 9.90. The maximum absolute atomic E-state index is 14.7. The molecule has 0 radical (unpaired) electrons. The number of carbonyl (C=O) groups is 8. The molecule has 11 unspecified atom stereocenters. The number of likely N-dealkylation sites (tertiary alicyclic amines) is 1. The summed E-state index contributed by atoms with van der Waals surface area (Å²) in [6, 6.07) is -1.11. The van der Waals surface area contributed by atoms with Crippen molar-refractivity contribution in [1.29, 1.82) is 0 Å². The Hall–Kier alpha value is -4.68. The maximum atomic E-state index is 14.7. The van der Waals surface area contributed by atoms with E-state index in [1.54, 1.807) is 34.8 Å². The van der Waals surface area contributed by atoms with Crippen LogP contribution in [-0.4, -0.2) is 323 Å². The van der Waals surface area contributed by atoms with Crippen molar-refractivity contribution in [1.82, 2.24) is 31.5 Å². The van der Waals surface area contributed by atoms with Gasteiger partial charge >= 0.3 is 0 Å². The summed E-state index contributed by atoms with van der Waals surface area (Å²) in [6.07, 6.45) is -9.56. The van der Waals surface area contributed by atoms with Crippen molar-refractivity contribution in [2.75, 3.05) is 99.3 Å². The first-order chi connectivity index (χ1) is 54.6. The molecule has 0 aliphatic carbocycles. The first-order valence-corrected chi connectivity index (χ1v) is 41.8. The van der Waals surface area contributed by atoms with E-state index in [1.807, 2.05) is 4.90 Å². The van der Waals surface area contributed by atoms with Gasteiger partial charge < -0.3 is 135 Å². The van der Waals surface area contributed by atoms with Gasteiger partial charge in [0.25, 0.3) is 0 Å².